The predicted molar refractivity (Wildman–Crippen MR) is 123 cm³/mol. The van der Waals surface area contributed by atoms with Gasteiger partial charge in [-0.25, -0.2) is 13.8 Å². The molecule has 0 spiro atoms. The Bertz CT molecular complexity index is 1290. The number of aryl methyl sites for hydroxylation is 1. The lowest BCUT2D eigenvalue weighted by Gasteiger charge is -2.26. The van der Waals surface area contributed by atoms with Gasteiger partial charge in [0.15, 0.2) is 11.6 Å². The number of likely N-dealkylation sites (tertiary alicyclic amines) is 1. The van der Waals surface area contributed by atoms with E-state index in [1.54, 1.807) is 26.1 Å². The van der Waals surface area contributed by atoms with Crippen molar-refractivity contribution in [2.45, 2.75) is 31.7 Å². The first-order chi connectivity index (χ1) is 16.2. The number of pyridine rings is 1. The number of ether oxygens (including phenoxy) is 1. The van der Waals surface area contributed by atoms with Crippen molar-refractivity contribution in [3.8, 4) is 11.8 Å². The van der Waals surface area contributed by atoms with E-state index < -0.39 is 30.0 Å². The van der Waals surface area contributed by atoms with Crippen LogP contribution in [0.1, 0.15) is 52.8 Å². The van der Waals surface area contributed by atoms with Crippen molar-refractivity contribution in [2.24, 2.45) is 7.05 Å². The van der Waals surface area contributed by atoms with E-state index in [0.29, 0.717) is 15.9 Å². The molecule has 0 bridgehead atoms. The van der Waals surface area contributed by atoms with Crippen LogP contribution in [0.2, 0.25) is 0 Å². The van der Waals surface area contributed by atoms with Crippen LogP contribution < -0.4 is 10.5 Å². The first-order valence-electron chi connectivity index (χ1n) is 10.4. The van der Waals surface area contributed by atoms with Crippen LogP contribution in [-0.2, 0) is 7.05 Å². The number of nitrogen functional groups attached to an aromatic ring is 1. The molecule has 3 atom stereocenters. The summed E-state index contributed by atoms with van der Waals surface area (Å²) in [6, 6.07) is 8.27. The molecule has 1 aliphatic heterocycles. The summed E-state index contributed by atoms with van der Waals surface area (Å²) >= 11 is 3.30. The van der Waals surface area contributed by atoms with Crippen molar-refractivity contribution in [3.63, 3.8) is 0 Å². The Balaban J connectivity index is 1.67. The molecule has 0 saturated carbocycles. The highest BCUT2D eigenvalue weighted by atomic mass is 79.9. The number of aromatic nitrogens is 3. The van der Waals surface area contributed by atoms with Gasteiger partial charge in [-0.3, -0.25) is 9.48 Å². The normalized spacial score (nSPS) is 18.5. The van der Waals surface area contributed by atoms with Gasteiger partial charge in [0, 0.05) is 35.3 Å². The highest BCUT2D eigenvalue weighted by Crippen LogP contribution is 2.36. The van der Waals surface area contributed by atoms with E-state index in [1.165, 1.54) is 34.0 Å². The average molecular weight is 531 g/mol. The molecule has 1 aliphatic rings. The second-order valence-corrected chi connectivity index (χ2v) is 8.94. The van der Waals surface area contributed by atoms with Crippen molar-refractivity contribution in [3.05, 3.63) is 69.3 Å². The Kier molecular flexibility index (Phi) is 6.52. The quantitative estimate of drug-likeness (QED) is 0.528. The molecular formula is C23H21BrF2N6O2. The number of carbonyl (C=O) groups is 1. The van der Waals surface area contributed by atoms with Gasteiger partial charge in [-0.15, -0.1) is 0 Å². The summed E-state index contributed by atoms with van der Waals surface area (Å²) in [5.74, 6) is -0.625. The number of rotatable bonds is 5. The second kappa shape index (κ2) is 9.38. The molecule has 4 rings (SSSR count). The zero-order valence-electron chi connectivity index (χ0n) is 18.4. The number of anilines is 1. The van der Waals surface area contributed by atoms with Crippen molar-refractivity contribution in [1.82, 2.24) is 19.7 Å². The van der Waals surface area contributed by atoms with Gasteiger partial charge in [-0.2, -0.15) is 10.4 Å². The molecule has 3 heterocycles. The van der Waals surface area contributed by atoms with Gasteiger partial charge in [0.05, 0.1) is 18.3 Å². The number of amides is 1. The fourth-order valence-corrected chi connectivity index (χ4v) is 4.36. The maximum absolute atomic E-state index is 14.5. The average Bonchev–Trinajstić information content (AvgIpc) is 3.37. The molecule has 3 aromatic rings. The number of halogens is 3. The van der Waals surface area contributed by atoms with Crippen molar-refractivity contribution < 1.29 is 18.3 Å². The number of nitrogens with two attached hydrogens (primary N) is 1. The molecule has 0 aliphatic carbocycles. The zero-order valence-corrected chi connectivity index (χ0v) is 20.0. The lowest BCUT2D eigenvalue weighted by Crippen LogP contribution is -2.32. The van der Waals surface area contributed by atoms with Crippen LogP contribution in [0.25, 0.3) is 0 Å². The van der Waals surface area contributed by atoms with Crippen molar-refractivity contribution in [2.75, 3.05) is 12.3 Å². The maximum Gasteiger partial charge on any atom is 0.254 e. The highest BCUT2D eigenvalue weighted by Gasteiger charge is 2.39. The number of hydrogen-bond acceptors (Lipinski definition) is 6. The van der Waals surface area contributed by atoms with Crippen LogP contribution in [-0.4, -0.2) is 38.3 Å². The van der Waals surface area contributed by atoms with E-state index in [4.69, 9.17) is 10.5 Å². The molecule has 1 aromatic carbocycles. The fourth-order valence-electron chi connectivity index (χ4n) is 4.05. The lowest BCUT2D eigenvalue weighted by molar-refractivity contribution is 0.0720. The van der Waals surface area contributed by atoms with Gasteiger partial charge in [0.2, 0.25) is 0 Å². The fraction of sp³-hybridized carbons (Fsp3) is 0.304. The van der Waals surface area contributed by atoms with Crippen LogP contribution in [0.3, 0.4) is 0 Å². The summed E-state index contributed by atoms with van der Waals surface area (Å²) in [6.07, 6.45) is -0.460. The third-order valence-electron chi connectivity index (χ3n) is 5.70. The van der Waals surface area contributed by atoms with Gasteiger partial charge in [-0.1, -0.05) is 0 Å². The Labute approximate surface area is 203 Å². The molecule has 0 unspecified atom stereocenters. The molecular weight excluding hydrogens is 510 g/mol. The smallest absolute Gasteiger partial charge is 0.254 e. The minimum absolute atomic E-state index is 0.0520. The predicted octanol–water partition coefficient (Wildman–Crippen LogP) is 4.24. The lowest BCUT2D eigenvalue weighted by atomic mass is 10.0. The zero-order chi connectivity index (χ0) is 24.6. The van der Waals surface area contributed by atoms with Gasteiger partial charge in [0.25, 0.3) is 5.91 Å². The monoisotopic (exact) mass is 530 g/mol. The van der Waals surface area contributed by atoms with Gasteiger partial charge >= 0.3 is 0 Å². The van der Waals surface area contributed by atoms with E-state index in [9.17, 15) is 18.8 Å². The molecule has 2 N–H and O–H groups in total. The molecule has 1 saturated heterocycles. The molecule has 2 aromatic heterocycles. The summed E-state index contributed by atoms with van der Waals surface area (Å²) in [4.78, 5) is 19.0. The molecule has 176 valence electrons. The Morgan fingerprint density at radius 3 is 2.85 bits per heavy atom. The van der Waals surface area contributed by atoms with Crippen LogP contribution in [0.4, 0.5) is 14.6 Å². The first kappa shape index (κ1) is 23.6. The standard InChI is InChI=1S/C23H21BrF2N6O2/c1-12(34-21-5-13(24)10-29-22(21)28)18-6-14(25)3-4-17(18)23(33)32-11-15(26)7-20(32)19-8-16(9-27)31(2)30-19/h3-6,8,10,12,15,20H,7,11H2,1-2H3,(H2,28,29)/t12-,15-,20+/m1/s1. The van der Waals surface area contributed by atoms with Gasteiger partial charge < -0.3 is 15.4 Å². The van der Waals surface area contributed by atoms with Crippen molar-refractivity contribution >= 4 is 27.7 Å². The highest BCUT2D eigenvalue weighted by molar-refractivity contribution is 9.10. The number of alkyl halides is 1. The minimum atomic E-state index is -1.26. The minimum Gasteiger partial charge on any atom is -0.482 e. The summed E-state index contributed by atoms with van der Waals surface area (Å²) in [7, 11) is 1.61. The molecule has 11 heteroatoms. The third-order valence-corrected chi connectivity index (χ3v) is 6.13. The SMILES string of the molecule is C[C@@H](Oc1cc(Br)cnc1N)c1cc(F)ccc1C(=O)N1C[C@H](F)C[C@H]1c1cc(C#N)n(C)n1. The Morgan fingerprint density at radius 1 is 1.38 bits per heavy atom. The summed E-state index contributed by atoms with van der Waals surface area (Å²) in [6.45, 7) is 1.51. The summed E-state index contributed by atoms with van der Waals surface area (Å²) in [5, 5.41) is 13.5. The topological polar surface area (TPSA) is 110 Å². The Hall–Kier alpha value is -3.52. The van der Waals surface area contributed by atoms with E-state index in [2.05, 4.69) is 26.0 Å². The van der Waals surface area contributed by atoms with E-state index in [1.807, 2.05) is 6.07 Å². The van der Waals surface area contributed by atoms with Crippen molar-refractivity contribution in [1.29, 1.82) is 5.26 Å². The molecule has 34 heavy (non-hydrogen) atoms. The third kappa shape index (κ3) is 4.59. The number of nitrogens with zero attached hydrogens (tertiary/aromatic N) is 5. The maximum atomic E-state index is 14.5. The van der Waals surface area contributed by atoms with Crippen LogP contribution in [0.15, 0.2) is 41.0 Å². The molecule has 1 amide bonds. The van der Waals surface area contributed by atoms with E-state index >= 15 is 0 Å². The Morgan fingerprint density at radius 2 is 2.15 bits per heavy atom. The second-order valence-electron chi connectivity index (χ2n) is 8.02. The number of carbonyl (C=O) groups excluding carboxylic acids is 1. The van der Waals surface area contributed by atoms with Gasteiger partial charge in [0.1, 0.15) is 29.9 Å². The largest absolute Gasteiger partial charge is 0.482 e. The molecule has 1 fully saturated rings. The molecule has 8 nitrogen and oxygen atoms in total. The number of hydrogen-bond donors (Lipinski definition) is 1. The van der Waals surface area contributed by atoms with Crippen LogP contribution in [0.5, 0.6) is 5.75 Å². The number of nitriles is 1. The number of benzene rings is 1. The first-order valence-corrected chi connectivity index (χ1v) is 11.2. The van der Waals surface area contributed by atoms with E-state index in [0.717, 1.165) is 0 Å². The van der Waals surface area contributed by atoms with Crippen LogP contribution in [0, 0.1) is 17.1 Å². The van der Waals surface area contributed by atoms with Gasteiger partial charge in [-0.05, 0) is 53.2 Å². The summed E-state index contributed by atoms with van der Waals surface area (Å²) < 4.78 is 36.6. The molecule has 0 radical (unpaired) electrons. The van der Waals surface area contributed by atoms with Crippen LogP contribution >= 0.6 is 15.9 Å². The summed E-state index contributed by atoms with van der Waals surface area (Å²) in [5.41, 5.74) is 7.07. The van der Waals surface area contributed by atoms with E-state index in [-0.39, 0.29) is 35.7 Å².